The maximum atomic E-state index is 12.0. The van der Waals surface area contributed by atoms with Gasteiger partial charge in [-0.2, -0.15) is 0 Å². The number of nitrogens with one attached hydrogen (secondary N) is 1. The molecule has 0 atom stereocenters. The highest BCUT2D eigenvalue weighted by Crippen LogP contribution is 2.22. The summed E-state index contributed by atoms with van der Waals surface area (Å²) in [6.45, 7) is 2.01. The molecule has 0 aromatic heterocycles. The van der Waals surface area contributed by atoms with E-state index in [-0.39, 0.29) is 16.2 Å². The Morgan fingerprint density at radius 1 is 1.30 bits per heavy atom. The third-order valence-corrected chi connectivity index (χ3v) is 3.82. The predicted molar refractivity (Wildman–Crippen MR) is 82.6 cm³/mol. The molecule has 1 aromatic rings. The number of carbonyl (C=O) groups excluding carboxylic acids is 2. The molecule has 0 radical (unpaired) electrons. The Labute approximate surface area is 135 Å². The lowest BCUT2D eigenvalue weighted by Gasteiger charge is -2.10. The fourth-order valence-electron chi connectivity index (χ4n) is 1.69. The van der Waals surface area contributed by atoms with E-state index in [9.17, 15) is 18.0 Å². The predicted octanol–water partition coefficient (Wildman–Crippen LogP) is 0.416. The number of unbranched alkanes of at least 4 members (excludes halogenated alkanes) is 1. The van der Waals surface area contributed by atoms with Crippen LogP contribution in [-0.4, -0.2) is 40.6 Å². The van der Waals surface area contributed by atoms with E-state index in [0.29, 0.717) is 6.54 Å². The second-order valence-corrected chi connectivity index (χ2v) is 6.25. The minimum atomic E-state index is -3.97. The molecule has 1 aromatic carbocycles. The molecule has 0 aliphatic rings. The smallest absolute Gasteiger partial charge is 0.342 e. The first kappa shape index (κ1) is 18.9. The zero-order chi connectivity index (χ0) is 17.5. The molecule has 3 N–H and O–H groups in total. The highest BCUT2D eigenvalue weighted by Gasteiger charge is 2.19. The lowest BCUT2D eigenvalue weighted by molar-refractivity contribution is -0.124. The first-order valence-electron chi connectivity index (χ1n) is 6.94. The van der Waals surface area contributed by atoms with Gasteiger partial charge >= 0.3 is 5.97 Å². The third kappa shape index (κ3) is 5.87. The fraction of sp³-hybridized carbons (Fsp3) is 0.429. The number of primary sulfonamides is 1. The summed E-state index contributed by atoms with van der Waals surface area (Å²) in [6, 6.07) is 3.55. The summed E-state index contributed by atoms with van der Waals surface area (Å²) in [4.78, 5) is 23.3. The maximum Gasteiger partial charge on any atom is 0.342 e. The fourth-order valence-corrected chi connectivity index (χ4v) is 2.23. The zero-order valence-electron chi connectivity index (χ0n) is 13.0. The lowest BCUT2D eigenvalue weighted by Crippen LogP contribution is -2.29. The van der Waals surface area contributed by atoms with Crippen LogP contribution in [-0.2, 0) is 19.6 Å². The molecule has 23 heavy (non-hydrogen) atoms. The van der Waals surface area contributed by atoms with E-state index in [2.05, 4.69) is 5.32 Å². The van der Waals surface area contributed by atoms with E-state index >= 15 is 0 Å². The first-order chi connectivity index (χ1) is 10.8. The summed E-state index contributed by atoms with van der Waals surface area (Å²) >= 11 is 0. The number of ether oxygens (including phenoxy) is 2. The first-order valence-corrected chi connectivity index (χ1v) is 8.49. The highest BCUT2D eigenvalue weighted by atomic mass is 32.2. The molecule has 128 valence electrons. The number of hydrogen-bond acceptors (Lipinski definition) is 6. The summed E-state index contributed by atoms with van der Waals surface area (Å²) in [5.74, 6) is -1.19. The molecule has 0 aliphatic heterocycles. The zero-order valence-corrected chi connectivity index (χ0v) is 13.8. The van der Waals surface area contributed by atoms with Crippen molar-refractivity contribution in [2.24, 2.45) is 5.14 Å². The van der Waals surface area contributed by atoms with E-state index in [1.165, 1.54) is 19.2 Å². The molecular weight excluding hydrogens is 324 g/mol. The van der Waals surface area contributed by atoms with Gasteiger partial charge in [0.05, 0.1) is 12.0 Å². The van der Waals surface area contributed by atoms with Crippen molar-refractivity contribution >= 4 is 21.9 Å². The van der Waals surface area contributed by atoms with Crippen LogP contribution in [0.3, 0.4) is 0 Å². The number of methoxy groups -OCH3 is 1. The SMILES string of the molecule is CCCCNC(=O)COC(=O)c1cc(S(N)(=O)=O)ccc1OC. The molecule has 0 aliphatic carbocycles. The van der Waals surface area contributed by atoms with Crippen LogP contribution in [0.5, 0.6) is 5.75 Å². The monoisotopic (exact) mass is 344 g/mol. The number of hydrogen-bond donors (Lipinski definition) is 2. The summed E-state index contributed by atoms with van der Waals surface area (Å²) in [5, 5.41) is 7.61. The number of nitrogens with two attached hydrogens (primary N) is 1. The molecule has 0 saturated carbocycles. The van der Waals surface area contributed by atoms with Gasteiger partial charge in [-0.3, -0.25) is 4.79 Å². The number of esters is 1. The Kier molecular flexibility index (Phi) is 6.98. The highest BCUT2D eigenvalue weighted by molar-refractivity contribution is 7.89. The van der Waals surface area contributed by atoms with Crippen LogP contribution in [0, 0.1) is 0 Å². The van der Waals surface area contributed by atoms with E-state index in [4.69, 9.17) is 14.6 Å². The van der Waals surface area contributed by atoms with E-state index in [1.807, 2.05) is 6.92 Å². The van der Waals surface area contributed by atoms with Gasteiger partial charge in [0.15, 0.2) is 6.61 Å². The second kappa shape index (κ2) is 8.49. The molecule has 0 bridgehead atoms. The molecule has 0 unspecified atom stereocenters. The Hall–Kier alpha value is -2.13. The van der Waals surface area contributed by atoms with Crippen LogP contribution in [0.1, 0.15) is 30.1 Å². The van der Waals surface area contributed by atoms with E-state index in [0.717, 1.165) is 18.9 Å². The Morgan fingerprint density at radius 3 is 2.57 bits per heavy atom. The van der Waals surface area contributed by atoms with E-state index in [1.54, 1.807) is 0 Å². The Balaban J connectivity index is 2.80. The average molecular weight is 344 g/mol. The van der Waals surface area contributed by atoms with Gasteiger partial charge in [-0.1, -0.05) is 13.3 Å². The largest absolute Gasteiger partial charge is 0.496 e. The molecule has 0 saturated heterocycles. The minimum absolute atomic E-state index is 0.119. The van der Waals surface area contributed by atoms with Crippen molar-refractivity contribution < 1.29 is 27.5 Å². The standard InChI is InChI=1S/C14H20N2O6S/c1-3-4-7-16-13(17)9-22-14(18)11-8-10(23(15,19)20)5-6-12(11)21-2/h5-6,8H,3-4,7,9H2,1-2H3,(H,16,17)(H2,15,19,20). The van der Waals surface area contributed by atoms with E-state index < -0.39 is 28.5 Å². The van der Waals surface area contributed by atoms with Crippen molar-refractivity contribution in [2.45, 2.75) is 24.7 Å². The van der Waals surface area contributed by atoms with Gasteiger partial charge in [-0.15, -0.1) is 0 Å². The molecule has 8 nitrogen and oxygen atoms in total. The van der Waals surface area contributed by atoms with Crippen molar-refractivity contribution in [1.82, 2.24) is 5.32 Å². The van der Waals surface area contributed by atoms with Gasteiger partial charge in [-0.25, -0.2) is 18.4 Å². The van der Waals surface area contributed by atoms with Crippen LogP contribution in [0.2, 0.25) is 0 Å². The van der Waals surface area contributed by atoms with Crippen LogP contribution in [0.25, 0.3) is 0 Å². The quantitative estimate of drug-likeness (QED) is 0.520. The summed E-state index contributed by atoms with van der Waals surface area (Å²) in [7, 11) is -2.65. The molecule has 1 amide bonds. The van der Waals surface area contributed by atoms with Crippen LogP contribution in [0.15, 0.2) is 23.1 Å². The Bertz CT molecular complexity index is 672. The molecule has 0 spiro atoms. The lowest BCUT2D eigenvalue weighted by atomic mass is 10.2. The number of rotatable bonds is 8. The van der Waals surface area contributed by atoms with Crippen molar-refractivity contribution in [2.75, 3.05) is 20.3 Å². The topological polar surface area (TPSA) is 125 Å². The van der Waals surface area contributed by atoms with Crippen LogP contribution >= 0.6 is 0 Å². The van der Waals surface area contributed by atoms with Crippen molar-refractivity contribution in [1.29, 1.82) is 0 Å². The number of sulfonamides is 1. The van der Waals surface area contributed by atoms with Crippen LogP contribution < -0.4 is 15.2 Å². The van der Waals surface area contributed by atoms with Gasteiger partial charge in [0.1, 0.15) is 11.3 Å². The second-order valence-electron chi connectivity index (χ2n) is 4.69. The molecule has 0 fully saturated rings. The van der Waals surface area contributed by atoms with Gasteiger partial charge in [0.25, 0.3) is 5.91 Å². The molecule has 1 rings (SSSR count). The third-order valence-electron chi connectivity index (χ3n) is 2.91. The molecular formula is C14H20N2O6S. The van der Waals surface area contributed by atoms with Crippen molar-refractivity contribution in [3.63, 3.8) is 0 Å². The normalized spacial score (nSPS) is 10.9. The van der Waals surface area contributed by atoms with Gasteiger partial charge < -0.3 is 14.8 Å². The van der Waals surface area contributed by atoms with Crippen LogP contribution in [0.4, 0.5) is 0 Å². The summed E-state index contributed by atoms with van der Waals surface area (Å²) in [5.41, 5.74) is -0.125. The average Bonchev–Trinajstić information content (AvgIpc) is 2.51. The van der Waals surface area contributed by atoms with Gasteiger partial charge in [0, 0.05) is 6.54 Å². The minimum Gasteiger partial charge on any atom is -0.496 e. The number of carbonyl (C=O) groups is 2. The van der Waals surface area contributed by atoms with Crippen molar-refractivity contribution in [3.8, 4) is 5.75 Å². The molecule has 0 heterocycles. The summed E-state index contributed by atoms with van der Waals surface area (Å²) in [6.07, 6.45) is 1.75. The van der Waals surface area contributed by atoms with Crippen molar-refractivity contribution in [3.05, 3.63) is 23.8 Å². The Morgan fingerprint density at radius 2 is 2.00 bits per heavy atom. The maximum absolute atomic E-state index is 12.0. The number of amides is 1. The number of benzene rings is 1. The van der Waals surface area contributed by atoms with Gasteiger partial charge in [0.2, 0.25) is 10.0 Å². The molecule has 9 heteroatoms. The van der Waals surface area contributed by atoms with Gasteiger partial charge in [-0.05, 0) is 24.6 Å². The summed E-state index contributed by atoms with van der Waals surface area (Å²) < 4.78 is 32.5.